The van der Waals surface area contributed by atoms with Gasteiger partial charge in [-0.15, -0.1) is 0 Å². The molecular weight excluding hydrogens is 254 g/mol. The van der Waals surface area contributed by atoms with Crippen LogP contribution >= 0.6 is 0 Å². The number of piperidine rings is 1. The molecule has 0 aromatic carbocycles. The van der Waals surface area contributed by atoms with Crippen LogP contribution in [-0.2, 0) is 16.1 Å². The van der Waals surface area contributed by atoms with E-state index in [0.717, 1.165) is 25.1 Å². The zero-order chi connectivity index (χ0) is 14.8. The van der Waals surface area contributed by atoms with Crippen LogP contribution in [0.5, 0.6) is 0 Å². The summed E-state index contributed by atoms with van der Waals surface area (Å²) < 4.78 is 7.35. The Kier molecular flexibility index (Phi) is 4.48. The first-order valence-corrected chi connectivity index (χ1v) is 7.22. The van der Waals surface area contributed by atoms with Crippen molar-refractivity contribution >= 4 is 5.91 Å². The molecule has 112 valence electrons. The van der Waals surface area contributed by atoms with E-state index in [-0.39, 0.29) is 17.4 Å². The molecule has 1 aliphatic rings. The Hall–Kier alpha value is -1.36. The third kappa shape index (κ3) is 3.39. The number of carbonyl (C=O) groups is 1. The molecule has 0 saturated carbocycles. The van der Waals surface area contributed by atoms with Gasteiger partial charge in [-0.1, -0.05) is 13.8 Å². The van der Waals surface area contributed by atoms with Crippen molar-refractivity contribution in [2.45, 2.75) is 46.3 Å². The lowest BCUT2D eigenvalue weighted by atomic mass is 9.81. The number of hydrogen-bond donors (Lipinski definition) is 0. The number of carbonyl (C=O) groups excluding carboxylic acids is 1. The molecule has 0 N–H and O–H groups in total. The Balaban J connectivity index is 1.87. The first-order chi connectivity index (χ1) is 9.42. The molecule has 1 saturated heterocycles. The van der Waals surface area contributed by atoms with Crippen LogP contribution in [0.25, 0.3) is 0 Å². The molecule has 0 bridgehead atoms. The van der Waals surface area contributed by atoms with E-state index in [1.165, 1.54) is 0 Å². The van der Waals surface area contributed by atoms with Gasteiger partial charge in [0.2, 0.25) is 5.91 Å². The smallest absolute Gasteiger partial charge is 0.224 e. The Morgan fingerprint density at radius 1 is 1.55 bits per heavy atom. The molecule has 0 spiro atoms. The predicted molar refractivity (Wildman–Crippen MR) is 77.4 cm³/mol. The molecule has 1 aromatic rings. The molecule has 0 aliphatic carbocycles. The lowest BCUT2D eigenvalue weighted by molar-refractivity contribution is -0.139. The van der Waals surface area contributed by atoms with Crippen LogP contribution < -0.4 is 0 Å². The summed E-state index contributed by atoms with van der Waals surface area (Å²) >= 11 is 0. The van der Waals surface area contributed by atoms with Crippen LogP contribution in [-0.4, -0.2) is 46.9 Å². The molecule has 1 aliphatic heterocycles. The van der Waals surface area contributed by atoms with Crippen molar-refractivity contribution in [2.75, 3.05) is 20.2 Å². The van der Waals surface area contributed by atoms with Gasteiger partial charge in [0.15, 0.2) is 0 Å². The highest BCUT2D eigenvalue weighted by atomic mass is 16.5. The van der Waals surface area contributed by atoms with Crippen molar-refractivity contribution in [3.63, 3.8) is 0 Å². The highest BCUT2D eigenvalue weighted by molar-refractivity contribution is 5.76. The van der Waals surface area contributed by atoms with Crippen molar-refractivity contribution in [1.29, 1.82) is 0 Å². The number of aromatic nitrogens is 2. The zero-order valence-corrected chi connectivity index (χ0v) is 12.9. The van der Waals surface area contributed by atoms with Crippen molar-refractivity contribution in [3.8, 4) is 0 Å². The van der Waals surface area contributed by atoms with E-state index >= 15 is 0 Å². The quantitative estimate of drug-likeness (QED) is 0.845. The Morgan fingerprint density at radius 2 is 2.30 bits per heavy atom. The summed E-state index contributed by atoms with van der Waals surface area (Å²) in [4.78, 5) is 14.3. The summed E-state index contributed by atoms with van der Waals surface area (Å²) in [6.45, 7) is 8.54. The predicted octanol–water partition coefficient (Wildman–Crippen LogP) is 1.86. The number of methoxy groups -OCH3 is 1. The first-order valence-electron chi connectivity index (χ1n) is 7.22. The van der Waals surface area contributed by atoms with Crippen LogP contribution in [0.4, 0.5) is 0 Å². The van der Waals surface area contributed by atoms with Crippen LogP contribution in [0.3, 0.4) is 0 Å². The van der Waals surface area contributed by atoms with E-state index in [4.69, 9.17) is 4.74 Å². The molecule has 1 unspecified atom stereocenters. The number of rotatable bonds is 4. The minimum absolute atomic E-state index is 0.0188. The van der Waals surface area contributed by atoms with E-state index in [1.54, 1.807) is 7.11 Å². The fraction of sp³-hybridized carbons (Fsp3) is 0.733. The fourth-order valence-electron chi connectivity index (χ4n) is 2.94. The molecule has 5 heteroatoms. The second kappa shape index (κ2) is 5.95. The van der Waals surface area contributed by atoms with Gasteiger partial charge < -0.3 is 9.64 Å². The van der Waals surface area contributed by atoms with Gasteiger partial charge in [0.05, 0.1) is 12.3 Å². The average Bonchev–Trinajstić information content (AvgIpc) is 2.80. The zero-order valence-electron chi connectivity index (χ0n) is 12.9. The second-order valence-electron chi connectivity index (χ2n) is 6.35. The third-order valence-electron chi connectivity index (χ3n) is 4.09. The summed E-state index contributed by atoms with van der Waals surface area (Å²) in [5.74, 6) is 0.209. The Morgan fingerprint density at radius 3 is 2.85 bits per heavy atom. The van der Waals surface area contributed by atoms with Crippen LogP contribution in [0.15, 0.2) is 12.4 Å². The lowest BCUT2D eigenvalue weighted by Crippen LogP contribution is -2.51. The SMILES string of the molecule is COC1CCN(C(=O)CCn2cc(C)cn2)CC1(C)C. The first kappa shape index (κ1) is 15.0. The molecule has 1 atom stereocenters. The highest BCUT2D eigenvalue weighted by Crippen LogP contribution is 2.31. The van der Waals surface area contributed by atoms with E-state index in [0.29, 0.717) is 13.0 Å². The van der Waals surface area contributed by atoms with E-state index in [1.807, 2.05) is 28.9 Å². The van der Waals surface area contributed by atoms with Crippen LogP contribution in [0, 0.1) is 12.3 Å². The van der Waals surface area contributed by atoms with Crippen molar-refractivity contribution < 1.29 is 9.53 Å². The topological polar surface area (TPSA) is 47.4 Å². The third-order valence-corrected chi connectivity index (χ3v) is 4.09. The Bertz CT molecular complexity index is 467. The van der Waals surface area contributed by atoms with Crippen molar-refractivity contribution in [2.24, 2.45) is 5.41 Å². The largest absolute Gasteiger partial charge is 0.381 e. The van der Waals surface area contributed by atoms with Crippen LogP contribution in [0.1, 0.15) is 32.3 Å². The average molecular weight is 279 g/mol. The minimum atomic E-state index is 0.0188. The van der Waals surface area contributed by atoms with Crippen molar-refractivity contribution in [3.05, 3.63) is 18.0 Å². The van der Waals surface area contributed by atoms with E-state index in [2.05, 4.69) is 18.9 Å². The lowest BCUT2D eigenvalue weighted by Gasteiger charge is -2.43. The maximum atomic E-state index is 12.3. The molecule has 0 radical (unpaired) electrons. The maximum absolute atomic E-state index is 12.3. The summed E-state index contributed by atoms with van der Waals surface area (Å²) in [5.41, 5.74) is 1.14. The van der Waals surface area contributed by atoms with E-state index < -0.39 is 0 Å². The van der Waals surface area contributed by atoms with Gasteiger partial charge in [0.25, 0.3) is 0 Å². The van der Waals surface area contributed by atoms with Crippen LogP contribution in [0.2, 0.25) is 0 Å². The number of nitrogens with zero attached hydrogens (tertiary/aromatic N) is 3. The molecule has 2 rings (SSSR count). The second-order valence-corrected chi connectivity index (χ2v) is 6.35. The number of likely N-dealkylation sites (tertiary alicyclic amines) is 1. The Labute approximate surface area is 120 Å². The van der Waals surface area contributed by atoms with Gasteiger partial charge >= 0.3 is 0 Å². The molecule has 1 aromatic heterocycles. The summed E-state index contributed by atoms with van der Waals surface area (Å²) in [5, 5.41) is 4.21. The number of amides is 1. The summed E-state index contributed by atoms with van der Waals surface area (Å²) in [7, 11) is 1.75. The molecule has 2 heterocycles. The van der Waals surface area contributed by atoms with E-state index in [9.17, 15) is 4.79 Å². The monoisotopic (exact) mass is 279 g/mol. The number of hydrogen-bond acceptors (Lipinski definition) is 3. The normalized spacial score (nSPS) is 22.0. The standard InChI is InChI=1S/C15H25N3O2/c1-12-9-16-18(10-12)8-6-14(19)17-7-5-13(20-4)15(2,3)11-17/h9-10,13H,5-8,11H2,1-4H3. The highest BCUT2D eigenvalue weighted by Gasteiger charge is 2.37. The molecule has 1 amide bonds. The summed E-state index contributed by atoms with van der Waals surface area (Å²) in [6.07, 6.45) is 5.44. The molecule has 20 heavy (non-hydrogen) atoms. The van der Waals surface area contributed by atoms with Gasteiger partial charge in [-0.25, -0.2) is 0 Å². The molecule has 1 fully saturated rings. The van der Waals surface area contributed by atoms with Gasteiger partial charge in [-0.05, 0) is 18.9 Å². The van der Waals surface area contributed by atoms with Gasteiger partial charge in [0.1, 0.15) is 0 Å². The number of aryl methyl sites for hydroxylation is 2. The molecule has 5 nitrogen and oxygen atoms in total. The van der Waals surface area contributed by atoms with Gasteiger partial charge in [0, 0.05) is 44.8 Å². The van der Waals surface area contributed by atoms with Gasteiger partial charge in [-0.3, -0.25) is 9.48 Å². The van der Waals surface area contributed by atoms with Gasteiger partial charge in [-0.2, -0.15) is 5.10 Å². The molecular formula is C15H25N3O2. The fourth-order valence-corrected chi connectivity index (χ4v) is 2.94. The minimum Gasteiger partial charge on any atom is -0.381 e. The number of ether oxygens (including phenoxy) is 1. The van der Waals surface area contributed by atoms with Crippen molar-refractivity contribution in [1.82, 2.24) is 14.7 Å². The summed E-state index contributed by atoms with van der Waals surface area (Å²) in [6, 6.07) is 0. The maximum Gasteiger partial charge on any atom is 0.224 e.